The summed E-state index contributed by atoms with van der Waals surface area (Å²) in [6, 6.07) is 4.44. The van der Waals surface area contributed by atoms with Crippen LogP contribution >= 0.6 is 0 Å². The summed E-state index contributed by atoms with van der Waals surface area (Å²) in [7, 11) is -3.73. The van der Waals surface area contributed by atoms with Gasteiger partial charge in [-0.25, -0.2) is 13.2 Å². The third-order valence-corrected chi connectivity index (χ3v) is 9.71. The molecule has 0 radical (unpaired) electrons. The Morgan fingerprint density at radius 3 is 2.30 bits per heavy atom. The number of carbonyl (C=O) groups excluding carboxylic acids is 2. The molecule has 1 aromatic rings. The minimum atomic E-state index is -3.73. The van der Waals surface area contributed by atoms with Gasteiger partial charge in [0.2, 0.25) is 10.0 Å². The number of amides is 1. The van der Waals surface area contributed by atoms with E-state index in [0.717, 1.165) is 19.3 Å². The van der Waals surface area contributed by atoms with Gasteiger partial charge < -0.3 is 14.8 Å². The van der Waals surface area contributed by atoms with Crippen LogP contribution in [0.25, 0.3) is 0 Å². The summed E-state index contributed by atoms with van der Waals surface area (Å²) >= 11 is 0. The van der Waals surface area contributed by atoms with E-state index in [-0.39, 0.29) is 41.6 Å². The highest BCUT2D eigenvalue weighted by Gasteiger charge is 2.51. The molecule has 4 aliphatic carbocycles. The highest BCUT2D eigenvalue weighted by Crippen LogP contribution is 2.55. The number of carbonyl (C=O) groups is 2. The largest absolute Gasteiger partial charge is 0.452 e. The van der Waals surface area contributed by atoms with E-state index in [1.165, 1.54) is 35.7 Å². The fourth-order valence-corrected chi connectivity index (χ4v) is 8.16. The number of benzene rings is 1. The van der Waals surface area contributed by atoms with Gasteiger partial charge in [-0.1, -0.05) is 6.07 Å². The Hall–Kier alpha value is -1.97. The van der Waals surface area contributed by atoms with Crippen LogP contribution in [-0.2, 0) is 24.3 Å². The second-order valence-corrected chi connectivity index (χ2v) is 12.3. The number of ether oxygens (including phenoxy) is 2. The van der Waals surface area contributed by atoms with Crippen molar-refractivity contribution in [3.05, 3.63) is 29.3 Å². The number of esters is 1. The molecule has 1 aromatic carbocycles. The first kappa shape index (κ1) is 22.8. The maximum Gasteiger partial charge on any atom is 0.338 e. The lowest BCUT2D eigenvalue weighted by Crippen LogP contribution is -2.60. The molecule has 0 spiro atoms. The Morgan fingerprint density at radius 1 is 1.09 bits per heavy atom. The molecule has 180 valence electrons. The molecule has 0 atom stereocenters. The van der Waals surface area contributed by atoms with Crippen LogP contribution in [0.5, 0.6) is 0 Å². The van der Waals surface area contributed by atoms with Gasteiger partial charge in [0.15, 0.2) is 6.61 Å². The number of nitrogens with one attached hydrogen (secondary N) is 1. The quantitative estimate of drug-likeness (QED) is 0.632. The van der Waals surface area contributed by atoms with E-state index in [9.17, 15) is 18.0 Å². The third kappa shape index (κ3) is 4.55. The van der Waals surface area contributed by atoms with Crippen LogP contribution < -0.4 is 5.32 Å². The zero-order valence-corrected chi connectivity index (χ0v) is 19.9. The SMILES string of the molecule is Cc1ccc(S(=O)(=O)N2CCOCC2)cc1C(=O)OCC(=O)NC12CC3CC(CC(C3)C1)C2. The van der Waals surface area contributed by atoms with Gasteiger partial charge in [-0.3, -0.25) is 4.79 Å². The number of morpholine rings is 1. The summed E-state index contributed by atoms with van der Waals surface area (Å²) in [6.07, 6.45) is 6.94. The second kappa shape index (κ2) is 8.67. The maximum atomic E-state index is 12.9. The van der Waals surface area contributed by atoms with Crippen molar-refractivity contribution in [1.29, 1.82) is 0 Å². The van der Waals surface area contributed by atoms with E-state index in [4.69, 9.17) is 9.47 Å². The maximum absolute atomic E-state index is 12.9. The minimum absolute atomic E-state index is 0.0416. The van der Waals surface area contributed by atoms with Gasteiger partial charge in [0.25, 0.3) is 5.91 Å². The summed E-state index contributed by atoms with van der Waals surface area (Å²) in [4.78, 5) is 25.5. The fraction of sp³-hybridized carbons (Fsp3) is 0.667. The van der Waals surface area contributed by atoms with E-state index in [0.29, 0.717) is 36.5 Å². The molecule has 8 nitrogen and oxygen atoms in total. The Bertz CT molecular complexity index is 1010. The first-order chi connectivity index (χ1) is 15.7. The molecule has 4 bridgehead atoms. The van der Waals surface area contributed by atoms with E-state index >= 15 is 0 Å². The van der Waals surface area contributed by atoms with Crippen molar-refractivity contribution in [3.63, 3.8) is 0 Å². The topological polar surface area (TPSA) is 102 Å². The van der Waals surface area contributed by atoms with Gasteiger partial charge in [0.05, 0.1) is 23.7 Å². The van der Waals surface area contributed by atoms with Gasteiger partial charge in [-0.2, -0.15) is 4.31 Å². The van der Waals surface area contributed by atoms with E-state index < -0.39 is 16.0 Å². The second-order valence-electron chi connectivity index (χ2n) is 10.3. The van der Waals surface area contributed by atoms with Crippen molar-refractivity contribution in [2.75, 3.05) is 32.9 Å². The molecule has 1 aliphatic heterocycles. The summed E-state index contributed by atoms with van der Waals surface area (Å²) in [5, 5.41) is 3.19. The van der Waals surface area contributed by atoms with Crippen molar-refractivity contribution >= 4 is 21.9 Å². The van der Waals surface area contributed by atoms with Gasteiger partial charge >= 0.3 is 5.97 Å². The third-order valence-electron chi connectivity index (χ3n) is 7.81. The molecule has 6 rings (SSSR count). The highest BCUT2D eigenvalue weighted by molar-refractivity contribution is 7.89. The van der Waals surface area contributed by atoms with Crippen LogP contribution in [-0.4, -0.2) is 63.0 Å². The zero-order chi connectivity index (χ0) is 23.2. The lowest BCUT2D eigenvalue weighted by molar-refractivity contribution is -0.130. The van der Waals surface area contributed by atoms with E-state index in [2.05, 4.69) is 5.32 Å². The first-order valence-electron chi connectivity index (χ1n) is 11.9. The lowest BCUT2D eigenvalue weighted by Gasteiger charge is -2.56. The Morgan fingerprint density at radius 2 is 1.70 bits per heavy atom. The van der Waals surface area contributed by atoms with Crippen LogP contribution in [0.1, 0.15) is 54.4 Å². The molecule has 1 heterocycles. The van der Waals surface area contributed by atoms with E-state index in [1.54, 1.807) is 13.0 Å². The summed E-state index contributed by atoms with van der Waals surface area (Å²) in [5.74, 6) is 1.15. The average molecular weight is 477 g/mol. The number of aryl methyl sites for hydroxylation is 1. The summed E-state index contributed by atoms with van der Waals surface area (Å²) in [6.45, 7) is 2.61. The molecule has 1 saturated heterocycles. The first-order valence-corrected chi connectivity index (χ1v) is 13.3. The van der Waals surface area contributed by atoms with Crippen LogP contribution in [0.3, 0.4) is 0 Å². The van der Waals surface area contributed by atoms with Crippen molar-refractivity contribution in [2.45, 2.75) is 55.9 Å². The predicted octanol–water partition coefficient (Wildman–Crippen LogP) is 2.26. The Labute approximate surface area is 195 Å². The predicted molar refractivity (Wildman–Crippen MR) is 120 cm³/mol. The number of sulfonamides is 1. The number of nitrogens with zero attached hydrogens (tertiary/aromatic N) is 1. The highest BCUT2D eigenvalue weighted by atomic mass is 32.2. The average Bonchev–Trinajstić information content (AvgIpc) is 2.77. The lowest BCUT2D eigenvalue weighted by atomic mass is 9.53. The molecule has 5 fully saturated rings. The molecule has 9 heteroatoms. The number of hydrogen-bond acceptors (Lipinski definition) is 6. The molecular weight excluding hydrogens is 444 g/mol. The Kier molecular flexibility index (Phi) is 5.99. The van der Waals surface area contributed by atoms with Crippen molar-refractivity contribution in [3.8, 4) is 0 Å². The van der Waals surface area contributed by atoms with Crippen molar-refractivity contribution < 1.29 is 27.5 Å². The van der Waals surface area contributed by atoms with Gasteiger partial charge in [0.1, 0.15) is 0 Å². The standard InChI is InChI=1S/C24H32N2O6S/c1-16-2-3-20(33(29,30)26-4-6-31-7-5-26)11-21(16)23(28)32-15-22(27)25-24-12-17-8-18(13-24)10-19(9-17)14-24/h2-3,11,17-19H,4-10,12-15H2,1H3,(H,25,27). The van der Waals surface area contributed by atoms with Crippen molar-refractivity contribution in [2.24, 2.45) is 17.8 Å². The van der Waals surface area contributed by atoms with Crippen LogP contribution in [0, 0.1) is 24.7 Å². The molecule has 0 unspecified atom stereocenters. The molecule has 1 amide bonds. The van der Waals surface area contributed by atoms with Crippen LogP contribution in [0.15, 0.2) is 23.1 Å². The monoisotopic (exact) mass is 476 g/mol. The van der Waals surface area contributed by atoms with Gasteiger partial charge in [-0.15, -0.1) is 0 Å². The van der Waals surface area contributed by atoms with Crippen LogP contribution in [0.2, 0.25) is 0 Å². The molecule has 5 aliphatic rings. The molecule has 1 N–H and O–H groups in total. The summed E-state index contributed by atoms with van der Waals surface area (Å²) < 4.78 is 37.8. The summed E-state index contributed by atoms with van der Waals surface area (Å²) in [5.41, 5.74) is 0.620. The molecule has 33 heavy (non-hydrogen) atoms. The van der Waals surface area contributed by atoms with Crippen LogP contribution in [0.4, 0.5) is 0 Å². The van der Waals surface area contributed by atoms with Gasteiger partial charge in [-0.05, 0) is 80.9 Å². The van der Waals surface area contributed by atoms with Crippen molar-refractivity contribution in [1.82, 2.24) is 9.62 Å². The molecular formula is C24H32N2O6S. The number of hydrogen-bond donors (Lipinski definition) is 1. The minimum Gasteiger partial charge on any atom is -0.452 e. The van der Waals surface area contributed by atoms with E-state index in [1.807, 2.05) is 0 Å². The fourth-order valence-electron chi connectivity index (χ4n) is 6.72. The smallest absolute Gasteiger partial charge is 0.338 e. The number of rotatable bonds is 6. The molecule has 4 saturated carbocycles. The Balaban J connectivity index is 1.23. The normalized spacial score (nSPS) is 31.4. The van der Waals surface area contributed by atoms with Gasteiger partial charge in [0, 0.05) is 18.6 Å². The molecule has 0 aromatic heterocycles. The zero-order valence-electron chi connectivity index (χ0n) is 19.0.